The zero-order valence-electron chi connectivity index (χ0n) is 25.9. The monoisotopic (exact) mass is 632 g/mol. The molecule has 7 heteroatoms. The van der Waals surface area contributed by atoms with E-state index in [2.05, 4.69) is 52.3 Å². The molecule has 230 valence electrons. The molecule has 0 amide bonds. The van der Waals surface area contributed by atoms with Gasteiger partial charge < -0.3 is 19.3 Å². The summed E-state index contributed by atoms with van der Waals surface area (Å²) in [7, 11) is 0. The number of ether oxygens (including phenoxy) is 2. The molecule has 2 aliphatic rings. The molecule has 9 aromatic rings. The zero-order valence-corrected chi connectivity index (χ0v) is 25.9. The molecular formula is C42H24N4O3. The molecule has 0 aliphatic carbocycles. The van der Waals surface area contributed by atoms with Crippen molar-refractivity contribution in [1.82, 2.24) is 9.38 Å². The number of aromatic nitrogens is 2. The van der Waals surface area contributed by atoms with E-state index in [0.717, 1.165) is 84.3 Å². The van der Waals surface area contributed by atoms with Crippen molar-refractivity contribution in [2.45, 2.75) is 0 Å². The van der Waals surface area contributed by atoms with Crippen LogP contribution in [-0.4, -0.2) is 9.38 Å². The van der Waals surface area contributed by atoms with Crippen LogP contribution in [-0.2, 0) is 0 Å². The topological polar surface area (TPSA) is 59.3 Å². The molecule has 11 rings (SSSR count). The van der Waals surface area contributed by atoms with Gasteiger partial charge in [0, 0.05) is 21.5 Å². The minimum atomic E-state index is -0.101. The molecule has 0 bridgehead atoms. The van der Waals surface area contributed by atoms with Crippen LogP contribution in [0, 0.1) is 0 Å². The highest BCUT2D eigenvalue weighted by atomic mass is 16.5. The van der Waals surface area contributed by atoms with Crippen LogP contribution in [0.15, 0.2) is 150 Å². The summed E-state index contributed by atoms with van der Waals surface area (Å²) >= 11 is 0. The number of para-hydroxylation sites is 10. The van der Waals surface area contributed by atoms with E-state index in [1.807, 2.05) is 103 Å². The minimum absolute atomic E-state index is 0.101. The van der Waals surface area contributed by atoms with Crippen molar-refractivity contribution in [2.75, 3.05) is 9.80 Å². The predicted octanol–water partition coefficient (Wildman–Crippen LogP) is 10.7. The molecular weight excluding hydrogens is 608 g/mol. The van der Waals surface area contributed by atoms with Crippen molar-refractivity contribution < 1.29 is 9.47 Å². The number of benzene rings is 7. The number of imidazole rings is 1. The molecule has 2 aliphatic heterocycles. The second-order valence-electron chi connectivity index (χ2n) is 12.3. The fraction of sp³-hybridized carbons (Fsp3) is 0. The number of anilines is 6. The summed E-state index contributed by atoms with van der Waals surface area (Å²) in [5.41, 5.74) is 7.57. The standard InChI is InChI=1S/C42H24N4O3/c47-42-26-22-24-34(45-31-15-5-9-19-37(31)49-38-20-10-6-16-32(38)45)40-33(44-29-13-3-7-17-35(29)48-36-18-8-4-14-30(36)44)23-21-25(39(26)40)41-43-27-11-1-2-12-28(27)46(41)42/h1-24H. The van der Waals surface area contributed by atoms with Crippen LogP contribution in [0.1, 0.15) is 0 Å². The Bertz CT molecular complexity index is 2700. The lowest BCUT2D eigenvalue weighted by molar-refractivity contribution is 0.477. The van der Waals surface area contributed by atoms with Crippen LogP contribution in [0.2, 0.25) is 0 Å². The largest absolute Gasteiger partial charge is 0.453 e. The molecule has 0 N–H and O–H groups in total. The van der Waals surface area contributed by atoms with Crippen molar-refractivity contribution >= 4 is 72.3 Å². The summed E-state index contributed by atoms with van der Waals surface area (Å²) in [5, 5.41) is 3.29. The molecule has 0 atom stereocenters. The first kappa shape index (κ1) is 26.2. The van der Waals surface area contributed by atoms with Crippen LogP contribution >= 0.6 is 0 Å². The summed E-state index contributed by atoms with van der Waals surface area (Å²) in [6.45, 7) is 0. The Kier molecular flexibility index (Phi) is 5.13. The molecule has 0 radical (unpaired) electrons. The van der Waals surface area contributed by atoms with Crippen LogP contribution in [0.4, 0.5) is 34.1 Å². The van der Waals surface area contributed by atoms with Crippen LogP contribution in [0.25, 0.3) is 38.2 Å². The van der Waals surface area contributed by atoms with Gasteiger partial charge in [0.1, 0.15) is 5.65 Å². The Morgan fingerprint density at radius 1 is 0.429 bits per heavy atom. The van der Waals surface area contributed by atoms with Gasteiger partial charge in [0.05, 0.1) is 45.2 Å². The Hall–Kier alpha value is -6.86. The van der Waals surface area contributed by atoms with Gasteiger partial charge in [-0.15, -0.1) is 0 Å². The molecule has 0 unspecified atom stereocenters. The van der Waals surface area contributed by atoms with Gasteiger partial charge in [-0.2, -0.15) is 0 Å². The van der Waals surface area contributed by atoms with Gasteiger partial charge in [-0.25, -0.2) is 4.98 Å². The number of hydrogen-bond donors (Lipinski definition) is 0. The Morgan fingerprint density at radius 3 is 1.41 bits per heavy atom. The van der Waals surface area contributed by atoms with E-state index < -0.39 is 0 Å². The summed E-state index contributed by atoms with van der Waals surface area (Å²) in [6, 6.07) is 48.4. The predicted molar refractivity (Wildman–Crippen MR) is 195 cm³/mol. The van der Waals surface area contributed by atoms with Gasteiger partial charge in [0.25, 0.3) is 5.56 Å². The number of hydrogen-bond acceptors (Lipinski definition) is 6. The second-order valence-corrected chi connectivity index (χ2v) is 12.3. The Labute approximate surface area is 279 Å². The van der Waals surface area contributed by atoms with Crippen molar-refractivity contribution in [2.24, 2.45) is 0 Å². The average Bonchev–Trinajstić information content (AvgIpc) is 3.55. The van der Waals surface area contributed by atoms with Gasteiger partial charge in [-0.3, -0.25) is 9.20 Å². The average molecular weight is 633 g/mol. The van der Waals surface area contributed by atoms with E-state index in [9.17, 15) is 4.79 Å². The highest BCUT2D eigenvalue weighted by Gasteiger charge is 2.32. The maximum absolute atomic E-state index is 14.6. The first-order chi connectivity index (χ1) is 24.2. The van der Waals surface area contributed by atoms with Crippen LogP contribution in [0.3, 0.4) is 0 Å². The first-order valence-corrected chi connectivity index (χ1v) is 16.2. The van der Waals surface area contributed by atoms with Crippen molar-refractivity contribution in [3.63, 3.8) is 0 Å². The molecule has 49 heavy (non-hydrogen) atoms. The van der Waals surface area contributed by atoms with Crippen LogP contribution < -0.4 is 24.8 Å². The molecule has 2 aromatic heterocycles. The lowest BCUT2D eigenvalue weighted by atomic mass is 9.96. The highest BCUT2D eigenvalue weighted by molar-refractivity contribution is 6.24. The lowest BCUT2D eigenvalue weighted by Gasteiger charge is -2.36. The SMILES string of the molecule is O=c1c2ccc(N3c4ccccc4Oc4ccccc43)c3c(N4c5ccccc5Oc5ccccc54)ccc(c32)c2nc3ccccc3n12. The second kappa shape index (κ2) is 9.59. The number of fused-ring (bicyclic) bond motifs is 8. The maximum atomic E-state index is 14.6. The smallest absolute Gasteiger partial charge is 0.264 e. The van der Waals surface area contributed by atoms with Crippen molar-refractivity contribution in [3.05, 3.63) is 156 Å². The molecule has 4 heterocycles. The summed E-state index contributed by atoms with van der Waals surface area (Å²) in [6.07, 6.45) is 0. The van der Waals surface area contributed by atoms with Gasteiger partial charge in [-0.1, -0.05) is 60.7 Å². The van der Waals surface area contributed by atoms with Crippen LogP contribution in [0.5, 0.6) is 23.0 Å². The van der Waals surface area contributed by atoms with E-state index in [0.29, 0.717) is 11.0 Å². The normalized spacial score (nSPS) is 13.2. The third kappa shape index (κ3) is 3.50. The molecule has 0 saturated heterocycles. The van der Waals surface area contributed by atoms with Crippen molar-refractivity contribution in [3.8, 4) is 23.0 Å². The number of rotatable bonds is 2. The third-order valence-corrected chi connectivity index (χ3v) is 9.70. The van der Waals surface area contributed by atoms with E-state index in [4.69, 9.17) is 14.5 Å². The first-order valence-electron chi connectivity index (χ1n) is 16.2. The minimum Gasteiger partial charge on any atom is -0.453 e. The quantitative estimate of drug-likeness (QED) is 0.189. The third-order valence-electron chi connectivity index (χ3n) is 9.70. The molecule has 0 spiro atoms. The maximum Gasteiger partial charge on any atom is 0.264 e. The zero-order chi connectivity index (χ0) is 32.2. The van der Waals surface area contributed by atoms with E-state index >= 15 is 0 Å². The Morgan fingerprint density at radius 2 is 0.878 bits per heavy atom. The highest BCUT2D eigenvalue weighted by Crippen LogP contribution is 2.57. The molecule has 7 aromatic carbocycles. The van der Waals surface area contributed by atoms with E-state index in [-0.39, 0.29) is 5.56 Å². The molecule has 0 saturated carbocycles. The van der Waals surface area contributed by atoms with Gasteiger partial charge in [0.2, 0.25) is 0 Å². The van der Waals surface area contributed by atoms with E-state index in [1.54, 1.807) is 4.40 Å². The Balaban J connectivity index is 1.34. The summed E-state index contributed by atoms with van der Waals surface area (Å²) in [4.78, 5) is 24.1. The fourth-order valence-electron chi connectivity index (χ4n) is 7.66. The number of nitrogens with zero attached hydrogens (tertiary/aromatic N) is 4. The lowest BCUT2D eigenvalue weighted by Crippen LogP contribution is -2.20. The molecule has 7 nitrogen and oxygen atoms in total. The van der Waals surface area contributed by atoms with Gasteiger partial charge in [0.15, 0.2) is 23.0 Å². The molecule has 0 fully saturated rings. The summed E-state index contributed by atoms with van der Waals surface area (Å²) in [5.74, 6) is 3.01. The van der Waals surface area contributed by atoms with E-state index in [1.165, 1.54) is 0 Å². The fourth-order valence-corrected chi connectivity index (χ4v) is 7.66. The van der Waals surface area contributed by atoms with Crippen molar-refractivity contribution in [1.29, 1.82) is 0 Å². The summed E-state index contributed by atoms with van der Waals surface area (Å²) < 4.78 is 14.6. The van der Waals surface area contributed by atoms with Gasteiger partial charge >= 0.3 is 0 Å². The van der Waals surface area contributed by atoms with Gasteiger partial charge in [-0.05, 0) is 84.9 Å². The number of pyridine rings is 1.